The first-order valence-electron chi connectivity index (χ1n) is 7.69. The fourth-order valence-corrected chi connectivity index (χ4v) is 3.01. The third-order valence-electron chi connectivity index (χ3n) is 4.40. The quantitative estimate of drug-likeness (QED) is 0.879. The zero-order valence-corrected chi connectivity index (χ0v) is 12.4. The van der Waals surface area contributed by atoms with E-state index in [-0.39, 0.29) is 5.91 Å². The molecule has 2 aliphatic carbocycles. The van der Waals surface area contributed by atoms with E-state index in [0.717, 1.165) is 24.1 Å². The SMILES string of the molecule is CC1(C)CCC(Nc2ccc(C(=O)NC3CC3)cc2)C1. The lowest BCUT2D eigenvalue weighted by atomic mass is 9.92. The van der Waals surface area contributed by atoms with Crippen LogP contribution in [-0.4, -0.2) is 18.0 Å². The van der Waals surface area contributed by atoms with Gasteiger partial charge in [0.15, 0.2) is 0 Å². The summed E-state index contributed by atoms with van der Waals surface area (Å²) in [5, 5.41) is 6.60. The predicted octanol–water partition coefficient (Wildman–Crippen LogP) is 3.57. The van der Waals surface area contributed by atoms with E-state index in [2.05, 4.69) is 24.5 Å². The molecule has 2 fully saturated rings. The van der Waals surface area contributed by atoms with Crippen molar-refractivity contribution in [3.63, 3.8) is 0 Å². The van der Waals surface area contributed by atoms with Crippen molar-refractivity contribution >= 4 is 11.6 Å². The minimum atomic E-state index is 0.0565. The first-order valence-corrected chi connectivity index (χ1v) is 7.69. The zero-order valence-electron chi connectivity index (χ0n) is 12.4. The molecule has 0 radical (unpaired) electrons. The minimum Gasteiger partial charge on any atom is -0.382 e. The Morgan fingerprint density at radius 3 is 2.35 bits per heavy atom. The van der Waals surface area contributed by atoms with Crippen molar-refractivity contribution in [2.45, 2.75) is 58.0 Å². The van der Waals surface area contributed by atoms with Gasteiger partial charge in [0, 0.05) is 23.3 Å². The number of anilines is 1. The van der Waals surface area contributed by atoms with E-state index in [1.165, 1.54) is 19.3 Å². The fourth-order valence-electron chi connectivity index (χ4n) is 3.01. The second-order valence-corrected chi connectivity index (χ2v) is 7.07. The Kier molecular flexibility index (Phi) is 3.45. The Labute approximate surface area is 121 Å². The van der Waals surface area contributed by atoms with Crippen LogP contribution in [0, 0.1) is 5.41 Å². The molecule has 1 atom stereocenters. The number of hydrogen-bond acceptors (Lipinski definition) is 2. The van der Waals surface area contributed by atoms with E-state index in [1.54, 1.807) is 0 Å². The highest BCUT2D eigenvalue weighted by molar-refractivity contribution is 5.94. The lowest BCUT2D eigenvalue weighted by Gasteiger charge is -2.18. The molecular weight excluding hydrogens is 248 g/mol. The summed E-state index contributed by atoms with van der Waals surface area (Å²) in [6.07, 6.45) is 5.99. The lowest BCUT2D eigenvalue weighted by molar-refractivity contribution is 0.0951. The highest BCUT2D eigenvalue weighted by atomic mass is 16.1. The van der Waals surface area contributed by atoms with Gasteiger partial charge in [-0.05, 0) is 61.8 Å². The molecule has 1 aromatic carbocycles. The summed E-state index contributed by atoms with van der Waals surface area (Å²) in [7, 11) is 0. The van der Waals surface area contributed by atoms with E-state index < -0.39 is 0 Å². The van der Waals surface area contributed by atoms with Crippen LogP contribution in [0.4, 0.5) is 5.69 Å². The third-order valence-corrected chi connectivity index (χ3v) is 4.40. The first-order chi connectivity index (χ1) is 9.52. The maximum atomic E-state index is 11.9. The van der Waals surface area contributed by atoms with Gasteiger partial charge in [0.1, 0.15) is 0 Å². The van der Waals surface area contributed by atoms with E-state index in [0.29, 0.717) is 17.5 Å². The van der Waals surface area contributed by atoms with Gasteiger partial charge in [-0.25, -0.2) is 0 Å². The van der Waals surface area contributed by atoms with E-state index >= 15 is 0 Å². The van der Waals surface area contributed by atoms with Gasteiger partial charge in [-0.3, -0.25) is 4.79 Å². The second kappa shape index (κ2) is 5.12. The standard InChI is InChI=1S/C17H24N2O/c1-17(2)10-9-15(11-17)18-13-5-3-12(4-6-13)16(20)19-14-7-8-14/h3-6,14-15,18H,7-11H2,1-2H3,(H,19,20). The molecular formula is C17H24N2O. The molecule has 0 aliphatic heterocycles. The van der Waals surface area contributed by atoms with Gasteiger partial charge in [-0.15, -0.1) is 0 Å². The Bertz CT molecular complexity index is 488. The van der Waals surface area contributed by atoms with Crippen LogP contribution in [0.3, 0.4) is 0 Å². The highest BCUT2D eigenvalue weighted by Gasteiger charge is 2.30. The van der Waals surface area contributed by atoms with Crippen molar-refractivity contribution in [3.05, 3.63) is 29.8 Å². The summed E-state index contributed by atoms with van der Waals surface area (Å²) < 4.78 is 0. The molecule has 0 aromatic heterocycles. The number of rotatable bonds is 4. The van der Waals surface area contributed by atoms with Crippen LogP contribution in [0.1, 0.15) is 56.3 Å². The van der Waals surface area contributed by atoms with Crippen molar-refractivity contribution in [1.82, 2.24) is 5.32 Å². The molecule has 108 valence electrons. The van der Waals surface area contributed by atoms with Crippen LogP contribution in [0.25, 0.3) is 0 Å². The van der Waals surface area contributed by atoms with Gasteiger partial charge in [-0.2, -0.15) is 0 Å². The Balaban J connectivity index is 1.57. The third kappa shape index (κ3) is 3.33. The van der Waals surface area contributed by atoms with Gasteiger partial charge in [0.25, 0.3) is 5.91 Å². The summed E-state index contributed by atoms with van der Waals surface area (Å²) in [4.78, 5) is 11.9. The largest absolute Gasteiger partial charge is 0.382 e. The van der Waals surface area contributed by atoms with E-state index in [1.807, 2.05) is 24.3 Å². The van der Waals surface area contributed by atoms with Crippen molar-refractivity contribution in [2.75, 3.05) is 5.32 Å². The van der Waals surface area contributed by atoms with Crippen molar-refractivity contribution in [3.8, 4) is 0 Å². The van der Waals surface area contributed by atoms with Gasteiger partial charge in [0.05, 0.1) is 0 Å². The molecule has 0 spiro atoms. The van der Waals surface area contributed by atoms with Crippen LogP contribution < -0.4 is 10.6 Å². The van der Waals surface area contributed by atoms with Gasteiger partial charge < -0.3 is 10.6 Å². The average Bonchev–Trinajstić information content (AvgIpc) is 3.14. The summed E-state index contributed by atoms with van der Waals surface area (Å²) >= 11 is 0. The lowest BCUT2D eigenvalue weighted by Crippen LogP contribution is -2.25. The van der Waals surface area contributed by atoms with Crippen molar-refractivity contribution < 1.29 is 4.79 Å². The monoisotopic (exact) mass is 272 g/mol. The van der Waals surface area contributed by atoms with Gasteiger partial charge >= 0.3 is 0 Å². The summed E-state index contributed by atoms with van der Waals surface area (Å²) in [5.74, 6) is 0.0565. The van der Waals surface area contributed by atoms with Crippen LogP contribution in [-0.2, 0) is 0 Å². The molecule has 3 nitrogen and oxygen atoms in total. The number of benzene rings is 1. The number of carbonyl (C=O) groups is 1. The molecule has 3 heteroatoms. The Morgan fingerprint density at radius 1 is 1.10 bits per heavy atom. The molecule has 1 aromatic rings. The summed E-state index contributed by atoms with van der Waals surface area (Å²) in [5.41, 5.74) is 2.34. The molecule has 0 saturated heterocycles. The van der Waals surface area contributed by atoms with Crippen molar-refractivity contribution in [2.24, 2.45) is 5.41 Å². The first kappa shape index (κ1) is 13.5. The van der Waals surface area contributed by atoms with E-state index in [4.69, 9.17) is 0 Å². The molecule has 2 aliphatic rings. The van der Waals surface area contributed by atoms with Gasteiger partial charge in [-0.1, -0.05) is 13.8 Å². The maximum Gasteiger partial charge on any atom is 0.251 e. The molecule has 0 bridgehead atoms. The Morgan fingerprint density at radius 2 is 1.80 bits per heavy atom. The molecule has 3 rings (SSSR count). The van der Waals surface area contributed by atoms with Crippen molar-refractivity contribution in [1.29, 1.82) is 0 Å². The second-order valence-electron chi connectivity index (χ2n) is 7.07. The summed E-state index contributed by atoms with van der Waals surface area (Å²) in [6.45, 7) is 4.67. The molecule has 20 heavy (non-hydrogen) atoms. The fraction of sp³-hybridized carbons (Fsp3) is 0.588. The smallest absolute Gasteiger partial charge is 0.251 e. The maximum absolute atomic E-state index is 11.9. The van der Waals surface area contributed by atoms with Gasteiger partial charge in [0.2, 0.25) is 0 Å². The van der Waals surface area contributed by atoms with Crippen LogP contribution >= 0.6 is 0 Å². The summed E-state index contributed by atoms with van der Waals surface area (Å²) in [6, 6.07) is 8.86. The zero-order chi connectivity index (χ0) is 14.2. The number of nitrogens with one attached hydrogen (secondary N) is 2. The van der Waals surface area contributed by atoms with Crippen LogP contribution in [0.2, 0.25) is 0 Å². The van der Waals surface area contributed by atoms with E-state index in [9.17, 15) is 4.79 Å². The molecule has 2 N–H and O–H groups in total. The number of amides is 1. The van der Waals surface area contributed by atoms with Crippen LogP contribution in [0.5, 0.6) is 0 Å². The topological polar surface area (TPSA) is 41.1 Å². The normalized spacial score (nSPS) is 24.4. The highest BCUT2D eigenvalue weighted by Crippen LogP contribution is 2.38. The average molecular weight is 272 g/mol. The number of carbonyl (C=O) groups excluding carboxylic acids is 1. The molecule has 2 saturated carbocycles. The molecule has 0 heterocycles. The van der Waals surface area contributed by atoms with Crippen LogP contribution in [0.15, 0.2) is 24.3 Å². The predicted molar refractivity (Wildman–Crippen MR) is 82.0 cm³/mol. The minimum absolute atomic E-state index is 0.0565. The molecule has 1 amide bonds. The number of hydrogen-bond donors (Lipinski definition) is 2. The molecule has 1 unspecified atom stereocenters. The Hall–Kier alpha value is -1.51.